The van der Waals surface area contributed by atoms with Crippen LogP contribution in [0.4, 0.5) is 17.1 Å². The number of hydrogen-bond donors (Lipinski definition) is 0. The van der Waals surface area contributed by atoms with Crippen molar-refractivity contribution in [1.82, 2.24) is 0 Å². The topological polar surface area (TPSA) is 3.24 Å². The minimum atomic E-state index is 0.0810. The van der Waals surface area contributed by atoms with Crippen molar-refractivity contribution in [3.8, 4) is 44.5 Å². The molecule has 0 amide bonds. The number of nitrogens with zero attached hydrogens (tertiary/aromatic N) is 1. The molecule has 168 valence electrons. The van der Waals surface area contributed by atoms with E-state index < -0.39 is 0 Å². The summed E-state index contributed by atoms with van der Waals surface area (Å²) in [7, 11) is 0. The third-order valence-corrected chi connectivity index (χ3v) is 7.52. The van der Waals surface area contributed by atoms with E-state index in [1.54, 1.807) is 0 Å². The van der Waals surface area contributed by atoms with Crippen LogP contribution in [0.1, 0.15) is 26.3 Å². The van der Waals surface area contributed by atoms with Crippen LogP contribution in [0.2, 0.25) is 0 Å². The van der Waals surface area contributed by atoms with Gasteiger partial charge in [-0.15, -0.1) is 0 Å². The quantitative estimate of drug-likeness (QED) is 0.223. The van der Waals surface area contributed by atoms with E-state index in [2.05, 4.69) is 135 Å². The molecular formula is C34H27N. The summed E-state index contributed by atoms with van der Waals surface area (Å²) in [4.78, 5) is 2.51. The highest BCUT2D eigenvalue weighted by Gasteiger charge is 2.33. The lowest BCUT2D eigenvalue weighted by Gasteiger charge is -2.28. The van der Waals surface area contributed by atoms with Crippen molar-refractivity contribution in [2.24, 2.45) is 0 Å². The molecular weight excluding hydrogens is 422 g/mol. The molecule has 2 aliphatic heterocycles. The highest BCUT2D eigenvalue weighted by molar-refractivity contribution is 6.11. The standard InChI is InChI=1S/C34H27N/c1-34(2,3)22-19-20-25-29-16-10-15-28-24-12-5-4-11-23(24)26-13-6-8-17-31(26)35(33(28)29)32-18-9-7-14-27(32)30(25)21-22/h4-21H,1-3H3. The monoisotopic (exact) mass is 449 g/mol. The Labute approximate surface area is 207 Å². The molecule has 0 aromatic heterocycles. The van der Waals surface area contributed by atoms with E-state index in [1.165, 1.54) is 67.1 Å². The van der Waals surface area contributed by atoms with Gasteiger partial charge in [0.1, 0.15) is 0 Å². The average Bonchev–Trinajstić information content (AvgIpc) is 3.09. The van der Waals surface area contributed by atoms with Crippen molar-refractivity contribution in [3.63, 3.8) is 0 Å². The highest BCUT2D eigenvalue weighted by Crippen LogP contribution is 2.58. The molecule has 2 heterocycles. The Morgan fingerprint density at radius 1 is 0.429 bits per heavy atom. The first-order valence-electron chi connectivity index (χ1n) is 12.4. The second-order valence-electron chi connectivity index (χ2n) is 10.6. The molecule has 0 spiro atoms. The van der Waals surface area contributed by atoms with Crippen molar-refractivity contribution in [2.45, 2.75) is 26.2 Å². The van der Waals surface area contributed by atoms with E-state index in [9.17, 15) is 0 Å². The fourth-order valence-electron chi connectivity index (χ4n) is 5.80. The van der Waals surface area contributed by atoms with Gasteiger partial charge >= 0.3 is 0 Å². The van der Waals surface area contributed by atoms with Crippen LogP contribution in [-0.2, 0) is 5.41 Å². The van der Waals surface area contributed by atoms with Gasteiger partial charge in [-0.2, -0.15) is 0 Å². The summed E-state index contributed by atoms with van der Waals surface area (Å²) in [5.41, 5.74) is 15.4. The van der Waals surface area contributed by atoms with E-state index in [4.69, 9.17) is 0 Å². The summed E-state index contributed by atoms with van der Waals surface area (Å²) >= 11 is 0. The molecule has 0 N–H and O–H groups in total. The fraction of sp³-hybridized carbons (Fsp3) is 0.118. The highest BCUT2D eigenvalue weighted by atomic mass is 15.2. The molecule has 0 unspecified atom stereocenters. The Hall–Kier alpha value is -4.10. The molecule has 0 atom stereocenters. The molecule has 0 radical (unpaired) electrons. The Morgan fingerprint density at radius 3 is 1.49 bits per heavy atom. The maximum Gasteiger partial charge on any atom is 0.0619 e. The van der Waals surface area contributed by atoms with Crippen LogP contribution in [0.5, 0.6) is 0 Å². The van der Waals surface area contributed by atoms with Gasteiger partial charge in [0.05, 0.1) is 17.1 Å². The van der Waals surface area contributed by atoms with Crippen molar-refractivity contribution >= 4 is 17.1 Å². The van der Waals surface area contributed by atoms with Crippen molar-refractivity contribution in [1.29, 1.82) is 0 Å². The van der Waals surface area contributed by atoms with Crippen LogP contribution in [-0.4, -0.2) is 0 Å². The smallest absolute Gasteiger partial charge is 0.0619 e. The van der Waals surface area contributed by atoms with Gasteiger partial charge in [0.25, 0.3) is 0 Å². The third kappa shape index (κ3) is 2.88. The first-order valence-corrected chi connectivity index (χ1v) is 12.4. The average molecular weight is 450 g/mol. The summed E-state index contributed by atoms with van der Waals surface area (Å²) in [5, 5.41) is 0. The zero-order valence-corrected chi connectivity index (χ0v) is 20.3. The third-order valence-electron chi connectivity index (χ3n) is 7.52. The van der Waals surface area contributed by atoms with Crippen molar-refractivity contribution in [3.05, 3.63) is 115 Å². The first kappa shape index (κ1) is 20.3. The predicted octanol–water partition coefficient (Wildman–Crippen LogP) is 9.75. The molecule has 0 aliphatic carbocycles. The van der Waals surface area contributed by atoms with Gasteiger partial charge in [0.2, 0.25) is 0 Å². The van der Waals surface area contributed by atoms with Gasteiger partial charge in [-0.25, -0.2) is 0 Å². The maximum absolute atomic E-state index is 2.51. The molecule has 7 rings (SSSR count). The lowest BCUT2D eigenvalue weighted by atomic mass is 9.82. The predicted molar refractivity (Wildman–Crippen MR) is 149 cm³/mol. The van der Waals surface area contributed by atoms with Crippen molar-refractivity contribution < 1.29 is 0 Å². The maximum atomic E-state index is 2.51. The normalized spacial score (nSPS) is 12.9. The van der Waals surface area contributed by atoms with Gasteiger partial charge in [-0.1, -0.05) is 112 Å². The largest absolute Gasteiger partial charge is 0.308 e. The summed E-state index contributed by atoms with van der Waals surface area (Å²) in [5.74, 6) is 0. The molecule has 0 saturated heterocycles. The fourth-order valence-corrected chi connectivity index (χ4v) is 5.80. The Morgan fingerprint density at radius 2 is 0.886 bits per heavy atom. The molecule has 0 fully saturated rings. The lowest BCUT2D eigenvalue weighted by molar-refractivity contribution is 0.590. The Kier molecular flexibility index (Phi) is 4.17. The number of fused-ring (bicyclic) bond motifs is 10. The van der Waals surface area contributed by atoms with E-state index in [0.717, 1.165) is 0 Å². The Balaban J connectivity index is 1.69. The van der Waals surface area contributed by atoms with Crippen LogP contribution < -0.4 is 4.90 Å². The number of benzene rings is 5. The second kappa shape index (κ2) is 7.20. The summed E-state index contributed by atoms with van der Waals surface area (Å²) < 4.78 is 0. The molecule has 2 aliphatic rings. The van der Waals surface area contributed by atoms with E-state index in [-0.39, 0.29) is 5.41 Å². The lowest BCUT2D eigenvalue weighted by Crippen LogP contribution is -2.11. The molecule has 1 nitrogen and oxygen atoms in total. The van der Waals surface area contributed by atoms with Crippen LogP contribution in [0.15, 0.2) is 109 Å². The molecule has 35 heavy (non-hydrogen) atoms. The molecule has 1 heteroatoms. The summed E-state index contributed by atoms with van der Waals surface area (Å²) in [6, 6.07) is 40.5. The molecule has 0 bridgehead atoms. The van der Waals surface area contributed by atoms with E-state index >= 15 is 0 Å². The zero-order chi connectivity index (χ0) is 23.7. The van der Waals surface area contributed by atoms with Gasteiger partial charge in [-0.05, 0) is 51.4 Å². The van der Waals surface area contributed by atoms with Crippen LogP contribution in [0.25, 0.3) is 44.5 Å². The van der Waals surface area contributed by atoms with Crippen LogP contribution in [0.3, 0.4) is 0 Å². The van der Waals surface area contributed by atoms with Gasteiger partial charge in [-0.3, -0.25) is 0 Å². The Bertz CT molecular complexity index is 1630. The summed E-state index contributed by atoms with van der Waals surface area (Å²) in [6.07, 6.45) is 0. The van der Waals surface area contributed by atoms with Crippen LogP contribution >= 0.6 is 0 Å². The summed E-state index contributed by atoms with van der Waals surface area (Å²) in [6.45, 7) is 6.88. The SMILES string of the molecule is CC(C)(C)c1ccc2c(c1)-c1ccccc1N1c3ccccc3-c3ccccc3-c3cccc-2c31. The molecule has 5 aromatic rings. The second-order valence-corrected chi connectivity index (χ2v) is 10.6. The number of anilines is 3. The van der Waals surface area contributed by atoms with Gasteiger partial charge in [0, 0.05) is 22.3 Å². The van der Waals surface area contributed by atoms with Crippen LogP contribution in [0, 0.1) is 0 Å². The minimum Gasteiger partial charge on any atom is -0.308 e. The van der Waals surface area contributed by atoms with Crippen molar-refractivity contribution in [2.75, 3.05) is 4.90 Å². The number of rotatable bonds is 0. The van der Waals surface area contributed by atoms with E-state index in [0.29, 0.717) is 0 Å². The van der Waals surface area contributed by atoms with Gasteiger partial charge < -0.3 is 4.90 Å². The first-order chi connectivity index (χ1) is 17.0. The number of hydrogen-bond acceptors (Lipinski definition) is 1. The minimum absolute atomic E-state index is 0.0810. The number of para-hydroxylation sites is 3. The van der Waals surface area contributed by atoms with Gasteiger partial charge in [0.15, 0.2) is 0 Å². The molecule has 0 saturated carbocycles. The van der Waals surface area contributed by atoms with E-state index in [1.807, 2.05) is 0 Å². The molecule has 5 aromatic carbocycles. The zero-order valence-electron chi connectivity index (χ0n) is 20.3.